The minimum absolute atomic E-state index is 0.0712. The van der Waals surface area contributed by atoms with Gasteiger partial charge in [0, 0.05) is 23.1 Å². The predicted molar refractivity (Wildman–Crippen MR) is 87.7 cm³/mol. The van der Waals surface area contributed by atoms with Gasteiger partial charge in [0.15, 0.2) is 5.58 Å². The van der Waals surface area contributed by atoms with Gasteiger partial charge in [-0.25, -0.2) is 13.6 Å². The molecule has 0 radical (unpaired) electrons. The van der Waals surface area contributed by atoms with E-state index in [1.807, 2.05) is 12.1 Å². The van der Waals surface area contributed by atoms with Crippen molar-refractivity contribution in [3.63, 3.8) is 0 Å². The molecule has 0 bridgehead atoms. The van der Waals surface area contributed by atoms with Crippen molar-refractivity contribution in [3.8, 4) is 0 Å². The molecule has 0 aliphatic rings. The highest BCUT2D eigenvalue weighted by Gasteiger charge is 2.16. The fourth-order valence-electron chi connectivity index (χ4n) is 2.53. The van der Waals surface area contributed by atoms with Gasteiger partial charge < -0.3 is 4.42 Å². The lowest BCUT2D eigenvalue weighted by atomic mass is 10.1. The third kappa shape index (κ3) is 3.17. The maximum atomic E-state index is 13.8. The number of oxazole rings is 1. The highest BCUT2D eigenvalue weighted by Crippen LogP contribution is 2.32. The molecule has 2 aromatic carbocycles. The highest BCUT2D eigenvalue weighted by molar-refractivity contribution is 7.99. The van der Waals surface area contributed by atoms with E-state index in [1.165, 1.54) is 34.5 Å². The van der Waals surface area contributed by atoms with Crippen LogP contribution in [0, 0.1) is 11.6 Å². The van der Waals surface area contributed by atoms with Gasteiger partial charge in [-0.3, -0.25) is 4.57 Å². The molecule has 0 aliphatic heterocycles. The Morgan fingerprint density at radius 1 is 1.13 bits per heavy atom. The molecule has 120 valence electrons. The number of hydrogen-bond donors (Lipinski definition) is 0. The molecule has 3 rings (SSSR count). The smallest absolute Gasteiger partial charge is 0.408 e. The number of hydrogen-bond acceptors (Lipinski definition) is 3. The molecule has 1 atom stereocenters. The zero-order chi connectivity index (χ0) is 16.4. The van der Waals surface area contributed by atoms with E-state index in [-0.39, 0.29) is 10.8 Å². The van der Waals surface area contributed by atoms with Gasteiger partial charge in [0.1, 0.15) is 11.6 Å². The quantitative estimate of drug-likeness (QED) is 0.694. The van der Waals surface area contributed by atoms with Crippen LogP contribution in [0.5, 0.6) is 0 Å². The third-order valence-corrected chi connectivity index (χ3v) is 4.82. The first kappa shape index (κ1) is 15.8. The molecule has 0 N–H and O–H groups in total. The van der Waals surface area contributed by atoms with Crippen LogP contribution in [0.4, 0.5) is 8.78 Å². The molecule has 1 unspecified atom stereocenters. The van der Waals surface area contributed by atoms with E-state index in [9.17, 15) is 13.6 Å². The summed E-state index contributed by atoms with van der Waals surface area (Å²) in [5.41, 5.74) is 1.33. The van der Waals surface area contributed by atoms with Crippen molar-refractivity contribution in [1.29, 1.82) is 0 Å². The molecule has 1 heterocycles. The topological polar surface area (TPSA) is 35.1 Å². The normalized spacial score (nSPS) is 12.7. The molecular weight excluding hydrogens is 320 g/mol. The number of halogens is 2. The Morgan fingerprint density at radius 3 is 2.57 bits per heavy atom. The first-order valence-electron chi connectivity index (χ1n) is 7.22. The summed E-state index contributed by atoms with van der Waals surface area (Å²) in [5, 5.41) is -0.343. The van der Waals surface area contributed by atoms with E-state index >= 15 is 0 Å². The molecule has 0 spiro atoms. The number of rotatable bonds is 5. The van der Waals surface area contributed by atoms with E-state index in [4.69, 9.17) is 4.42 Å². The fourth-order valence-corrected chi connectivity index (χ4v) is 3.56. The van der Waals surface area contributed by atoms with Crippen LogP contribution in [0.25, 0.3) is 11.1 Å². The van der Waals surface area contributed by atoms with Crippen LogP contribution in [-0.2, 0) is 6.54 Å². The molecule has 3 nitrogen and oxygen atoms in total. The van der Waals surface area contributed by atoms with E-state index < -0.39 is 17.4 Å². The Morgan fingerprint density at radius 2 is 1.83 bits per heavy atom. The Bertz CT molecular complexity index is 867. The van der Waals surface area contributed by atoms with Crippen LogP contribution < -0.4 is 5.76 Å². The minimum Gasteiger partial charge on any atom is -0.408 e. The molecule has 0 saturated heterocycles. The SMILES string of the molecule is CC(SCCn1c(=O)oc2ccccc21)c1c(F)cccc1F. The largest absolute Gasteiger partial charge is 0.419 e. The summed E-state index contributed by atoms with van der Waals surface area (Å²) in [4.78, 5) is 11.9. The minimum atomic E-state index is -0.545. The molecular formula is C17H15F2NO2S. The lowest BCUT2D eigenvalue weighted by molar-refractivity contribution is 0.514. The summed E-state index contributed by atoms with van der Waals surface area (Å²) in [6.45, 7) is 2.17. The van der Waals surface area contributed by atoms with Crippen molar-refractivity contribution < 1.29 is 13.2 Å². The predicted octanol–water partition coefficient (Wildman–Crippen LogP) is 4.37. The van der Waals surface area contributed by atoms with E-state index in [0.717, 1.165) is 5.52 Å². The molecule has 0 fully saturated rings. The average molecular weight is 335 g/mol. The van der Waals surface area contributed by atoms with Crippen LogP contribution in [-0.4, -0.2) is 10.3 Å². The van der Waals surface area contributed by atoms with Crippen LogP contribution in [0.2, 0.25) is 0 Å². The van der Waals surface area contributed by atoms with Gasteiger partial charge in [-0.2, -0.15) is 11.8 Å². The summed E-state index contributed by atoms with van der Waals surface area (Å²) < 4.78 is 34.2. The van der Waals surface area contributed by atoms with Gasteiger partial charge in [-0.1, -0.05) is 18.2 Å². The van der Waals surface area contributed by atoms with Gasteiger partial charge in [-0.05, 0) is 31.2 Å². The Hall–Kier alpha value is -2.08. The van der Waals surface area contributed by atoms with Crippen LogP contribution >= 0.6 is 11.8 Å². The zero-order valence-corrected chi connectivity index (χ0v) is 13.3. The molecule has 0 amide bonds. The van der Waals surface area contributed by atoms with Crippen molar-refractivity contribution in [2.75, 3.05) is 5.75 Å². The van der Waals surface area contributed by atoms with Crippen LogP contribution in [0.15, 0.2) is 51.7 Å². The second-order valence-corrected chi connectivity index (χ2v) is 6.58. The van der Waals surface area contributed by atoms with Crippen molar-refractivity contribution in [2.45, 2.75) is 18.7 Å². The molecule has 1 aromatic heterocycles. The first-order chi connectivity index (χ1) is 11.1. The Kier molecular flexibility index (Phi) is 4.52. The molecule has 0 aliphatic carbocycles. The molecule has 3 aromatic rings. The lowest BCUT2D eigenvalue weighted by Gasteiger charge is -2.13. The first-order valence-corrected chi connectivity index (χ1v) is 8.26. The summed E-state index contributed by atoms with van der Waals surface area (Å²) in [6.07, 6.45) is 0. The lowest BCUT2D eigenvalue weighted by Crippen LogP contribution is -2.15. The fraction of sp³-hybridized carbons (Fsp3) is 0.235. The number of aromatic nitrogens is 1. The van der Waals surface area contributed by atoms with Gasteiger partial charge in [0.2, 0.25) is 0 Å². The van der Waals surface area contributed by atoms with Crippen molar-refractivity contribution in [2.24, 2.45) is 0 Å². The Labute approximate surface area is 135 Å². The summed E-state index contributed by atoms with van der Waals surface area (Å²) in [6, 6.07) is 11.0. The van der Waals surface area contributed by atoms with E-state index in [1.54, 1.807) is 19.1 Å². The maximum Gasteiger partial charge on any atom is 0.419 e. The highest BCUT2D eigenvalue weighted by atomic mass is 32.2. The van der Waals surface area contributed by atoms with E-state index in [2.05, 4.69) is 0 Å². The second kappa shape index (κ2) is 6.58. The van der Waals surface area contributed by atoms with Gasteiger partial charge in [0.25, 0.3) is 0 Å². The number of para-hydroxylation sites is 2. The molecule has 23 heavy (non-hydrogen) atoms. The number of aryl methyl sites for hydroxylation is 1. The second-order valence-electron chi connectivity index (χ2n) is 5.14. The summed E-state index contributed by atoms with van der Waals surface area (Å²) in [5.74, 6) is -0.971. The van der Waals surface area contributed by atoms with Gasteiger partial charge in [0.05, 0.1) is 5.52 Å². The van der Waals surface area contributed by atoms with Crippen molar-refractivity contribution in [1.82, 2.24) is 4.57 Å². The van der Waals surface area contributed by atoms with Crippen LogP contribution in [0.1, 0.15) is 17.7 Å². The van der Waals surface area contributed by atoms with Crippen molar-refractivity contribution >= 4 is 22.9 Å². The van der Waals surface area contributed by atoms with Crippen LogP contribution in [0.3, 0.4) is 0 Å². The van der Waals surface area contributed by atoms with E-state index in [0.29, 0.717) is 17.9 Å². The number of fused-ring (bicyclic) bond motifs is 1. The molecule has 0 saturated carbocycles. The van der Waals surface area contributed by atoms with Crippen molar-refractivity contribution in [3.05, 3.63) is 70.2 Å². The molecule has 6 heteroatoms. The zero-order valence-electron chi connectivity index (χ0n) is 12.5. The third-order valence-electron chi connectivity index (χ3n) is 3.66. The number of nitrogens with zero attached hydrogens (tertiary/aromatic N) is 1. The van der Waals surface area contributed by atoms with Gasteiger partial charge in [-0.15, -0.1) is 0 Å². The Balaban J connectivity index is 1.72. The summed E-state index contributed by atoms with van der Waals surface area (Å²) >= 11 is 1.39. The summed E-state index contributed by atoms with van der Waals surface area (Å²) in [7, 11) is 0. The number of thioether (sulfide) groups is 1. The standard InChI is InChI=1S/C17H15F2NO2S/c1-11(16-12(18)5-4-6-13(16)19)23-10-9-20-14-7-2-3-8-15(14)22-17(20)21/h2-8,11H,9-10H2,1H3. The maximum absolute atomic E-state index is 13.8. The number of benzene rings is 2. The monoisotopic (exact) mass is 335 g/mol. The average Bonchev–Trinajstić information content (AvgIpc) is 2.83. The van der Waals surface area contributed by atoms with Gasteiger partial charge >= 0.3 is 5.76 Å².